The lowest BCUT2D eigenvalue weighted by Crippen LogP contribution is -2.43. The van der Waals surface area contributed by atoms with Crippen LogP contribution in [0.3, 0.4) is 0 Å². The summed E-state index contributed by atoms with van der Waals surface area (Å²) < 4.78 is 4.52. The first-order valence-corrected chi connectivity index (χ1v) is 11.7. The monoisotopic (exact) mass is 447 g/mol. The molecular weight excluding hydrogens is 418 g/mol. The van der Waals surface area contributed by atoms with Gasteiger partial charge in [-0.25, -0.2) is 4.68 Å². The van der Waals surface area contributed by atoms with Gasteiger partial charge < -0.3 is 9.47 Å². The highest BCUT2D eigenvalue weighted by Gasteiger charge is 2.29. The smallest absolute Gasteiger partial charge is 0.225 e. The molecule has 2 aliphatic rings. The molecule has 0 saturated carbocycles. The van der Waals surface area contributed by atoms with E-state index in [1.54, 1.807) is 0 Å². The number of carbonyl (C=O) groups is 1. The van der Waals surface area contributed by atoms with Crippen molar-refractivity contribution in [2.24, 2.45) is 13.0 Å². The Morgan fingerprint density at radius 1 is 1.07 bits per heavy atom. The predicted octanol–water partition coefficient (Wildman–Crippen LogP) is 4.34. The Bertz CT molecular complexity index is 922. The Kier molecular flexibility index (Phi) is 6.91. The zero-order valence-corrected chi connectivity index (χ0v) is 19.2. The third-order valence-electron chi connectivity index (χ3n) is 6.33. The van der Waals surface area contributed by atoms with Gasteiger partial charge in [0.05, 0.1) is 6.67 Å². The fraction of sp³-hybridized carbons (Fsp3) is 0.591. The van der Waals surface area contributed by atoms with Crippen molar-refractivity contribution in [2.45, 2.75) is 45.2 Å². The number of aromatic nitrogens is 3. The number of amides is 1. The van der Waals surface area contributed by atoms with Crippen molar-refractivity contribution in [1.82, 2.24) is 24.1 Å². The lowest BCUT2D eigenvalue weighted by Gasteiger charge is -2.33. The first-order valence-electron chi connectivity index (χ1n) is 10.9. The molecule has 3 heterocycles. The largest absolute Gasteiger partial charge is 0.342 e. The van der Waals surface area contributed by atoms with E-state index in [4.69, 9.17) is 28.9 Å². The molecule has 0 bridgehead atoms. The van der Waals surface area contributed by atoms with Crippen molar-refractivity contribution in [3.05, 3.63) is 34.1 Å². The second-order valence-electron chi connectivity index (χ2n) is 8.44. The fourth-order valence-electron chi connectivity index (χ4n) is 4.49. The highest BCUT2D eigenvalue weighted by atomic mass is 35.5. The molecule has 6 nitrogen and oxygen atoms in total. The van der Waals surface area contributed by atoms with Crippen molar-refractivity contribution in [1.29, 1.82) is 0 Å². The third kappa shape index (κ3) is 4.79. The molecule has 162 valence electrons. The van der Waals surface area contributed by atoms with Crippen molar-refractivity contribution in [3.8, 4) is 11.4 Å². The van der Waals surface area contributed by atoms with Gasteiger partial charge in [0.25, 0.3) is 0 Å². The zero-order chi connectivity index (χ0) is 21.1. The number of piperidine rings is 1. The highest BCUT2D eigenvalue weighted by molar-refractivity contribution is 7.71. The standard InChI is InChI=1S/C22H30ClN5OS/c1-25-20(17-6-8-19(23)9-7-17)24-28(22(25)30)16-26-14-10-18(11-15-26)21(29)27-12-4-2-3-5-13-27/h6-9,18H,2-5,10-16H2,1H3. The lowest BCUT2D eigenvalue weighted by molar-refractivity contribution is -0.137. The fourth-order valence-corrected chi connectivity index (χ4v) is 4.80. The molecule has 1 aromatic heterocycles. The van der Waals surface area contributed by atoms with Gasteiger partial charge in [-0.3, -0.25) is 9.69 Å². The molecule has 2 fully saturated rings. The molecular formula is C22H30ClN5OS. The Morgan fingerprint density at radius 2 is 1.70 bits per heavy atom. The van der Waals surface area contributed by atoms with Crippen LogP contribution < -0.4 is 0 Å². The van der Waals surface area contributed by atoms with Gasteiger partial charge in [-0.05, 0) is 62.2 Å². The van der Waals surface area contributed by atoms with E-state index < -0.39 is 0 Å². The Hall–Kier alpha value is -1.70. The molecule has 0 unspecified atom stereocenters. The third-order valence-corrected chi connectivity index (χ3v) is 7.07. The molecule has 8 heteroatoms. The first kappa shape index (κ1) is 21.5. The van der Waals surface area contributed by atoms with Crippen LogP contribution in [0.2, 0.25) is 5.02 Å². The summed E-state index contributed by atoms with van der Waals surface area (Å²) in [4.78, 5) is 17.4. The van der Waals surface area contributed by atoms with Gasteiger partial charge in [-0.1, -0.05) is 24.4 Å². The van der Waals surface area contributed by atoms with Gasteiger partial charge in [0.1, 0.15) is 0 Å². The van der Waals surface area contributed by atoms with E-state index in [1.165, 1.54) is 12.8 Å². The number of benzene rings is 1. The van der Waals surface area contributed by atoms with Gasteiger partial charge in [-0.15, -0.1) is 0 Å². The molecule has 1 aromatic carbocycles. The SMILES string of the molecule is Cn1c(-c2ccc(Cl)cc2)nn(CN2CCC(C(=O)N3CCCCCC3)CC2)c1=S. The Labute approximate surface area is 188 Å². The molecule has 30 heavy (non-hydrogen) atoms. The summed E-state index contributed by atoms with van der Waals surface area (Å²) >= 11 is 11.6. The zero-order valence-electron chi connectivity index (χ0n) is 17.6. The van der Waals surface area contributed by atoms with E-state index in [0.717, 1.165) is 63.3 Å². The quantitative estimate of drug-likeness (QED) is 0.654. The average molecular weight is 448 g/mol. The number of hydrogen-bond acceptors (Lipinski definition) is 4. The minimum atomic E-state index is 0.167. The molecule has 1 amide bonds. The molecule has 0 aliphatic carbocycles. The van der Waals surface area contributed by atoms with Crippen molar-refractivity contribution in [2.75, 3.05) is 26.2 Å². The second kappa shape index (κ2) is 9.62. The van der Waals surface area contributed by atoms with Crippen LogP contribution in [0.15, 0.2) is 24.3 Å². The van der Waals surface area contributed by atoms with E-state index >= 15 is 0 Å². The molecule has 4 rings (SSSR count). The van der Waals surface area contributed by atoms with Crippen LogP contribution in [0, 0.1) is 10.7 Å². The number of nitrogens with zero attached hydrogens (tertiary/aromatic N) is 5. The van der Waals surface area contributed by atoms with Gasteiger partial charge >= 0.3 is 0 Å². The molecule has 2 aliphatic heterocycles. The maximum absolute atomic E-state index is 12.9. The van der Waals surface area contributed by atoms with Crippen LogP contribution in [-0.4, -0.2) is 56.2 Å². The number of carbonyl (C=O) groups excluding carboxylic acids is 1. The average Bonchev–Trinajstić information content (AvgIpc) is 2.95. The van der Waals surface area contributed by atoms with Crippen LogP contribution in [-0.2, 0) is 18.5 Å². The summed E-state index contributed by atoms with van der Waals surface area (Å²) in [6, 6.07) is 7.66. The summed E-state index contributed by atoms with van der Waals surface area (Å²) in [5, 5.41) is 5.46. The van der Waals surface area contributed by atoms with Gasteiger partial charge in [0.2, 0.25) is 5.91 Å². The van der Waals surface area contributed by atoms with E-state index in [-0.39, 0.29) is 5.92 Å². The summed E-state index contributed by atoms with van der Waals surface area (Å²) in [7, 11) is 1.95. The first-order chi connectivity index (χ1) is 14.5. The van der Waals surface area contributed by atoms with Crippen LogP contribution in [0.1, 0.15) is 38.5 Å². The summed E-state index contributed by atoms with van der Waals surface area (Å²) in [5.41, 5.74) is 0.994. The number of halogens is 1. The van der Waals surface area contributed by atoms with E-state index in [9.17, 15) is 4.79 Å². The second-order valence-corrected chi connectivity index (χ2v) is 9.25. The van der Waals surface area contributed by atoms with E-state index in [1.807, 2.05) is 40.6 Å². The molecule has 0 atom stereocenters. The van der Waals surface area contributed by atoms with Crippen LogP contribution in [0.5, 0.6) is 0 Å². The Balaban J connectivity index is 1.37. The molecule has 2 saturated heterocycles. The topological polar surface area (TPSA) is 46.3 Å². The maximum Gasteiger partial charge on any atom is 0.225 e. The van der Waals surface area contributed by atoms with Crippen LogP contribution in [0.4, 0.5) is 0 Å². The molecule has 0 N–H and O–H groups in total. The highest BCUT2D eigenvalue weighted by Crippen LogP contribution is 2.23. The molecule has 0 radical (unpaired) electrons. The number of likely N-dealkylation sites (tertiary alicyclic amines) is 2. The summed E-state index contributed by atoms with van der Waals surface area (Å²) in [6.07, 6.45) is 6.64. The van der Waals surface area contributed by atoms with E-state index in [0.29, 0.717) is 22.4 Å². The van der Waals surface area contributed by atoms with Crippen molar-refractivity contribution in [3.63, 3.8) is 0 Å². The molecule has 0 spiro atoms. The predicted molar refractivity (Wildman–Crippen MR) is 122 cm³/mol. The van der Waals surface area contributed by atoms with Crippen molar-refractivity contribution >= 4 is 29.7 Å². The molecule has 2 aromatic rings. The summed E-state index contributed by atoms with van der Waals surface area (Å²) in [5.74, 6) is 1.37. The van der Waals surface area contributed by atoms with Gasteiger partial charge in [0, 0.05) is 49.7 Å². The van der Waals surface area contributed by atoms with Crippen LogP contribution >= 0.6 is 23.8 Å². The maximum atomic E-state index is 12.9. The summed E-state index contributed by atoms with van der Waals surface area (Å²) in [6.45, 7) is 4.34. The Morgan fingerprint density at radius 3 is 2.33 bits per heavy atom. The van der Waals surface area contributed by atoms with Crippen LogP contribution in [0.25, 0.3) is 11.4 Å². The van der Waals surface area contributed by atoms with E-state index in [2.05, 4.69) is 9.80 Å². The lowest BCUT2D eigenvalue weighted by atomic mass is 9.95. The minimum Gasteiger partial charge on any atom is -0.342 e. The minimum absolute atomic E-state index is 0.167. The number of hydrogen-bond donors (Lipinski definition) is 0. The number of rotatable bonds is 4. The normalized spacial score (nSPS) is 19.1. The van der Waals surface area contributed by atoms with Gasteiger partial charge in [-0.2, -0.15) is 5.10 Å². The van der Waals surface area contributed by atoms with Gasteiger partial charge in [0.15, 0.2) is 10.6 Å². The van der Waals surface area contributed by atoms with Crippen molar-refractivity contribution < 1.29 is 4.79 Å².